The molecule has 3 aliphatic rings. The van der Waals surface area contributed by atoms with Gasteiger partial charge in [-0.1, -0.05) is 12.1 Å². The Kier molecular flexibility index (Phi) is 6.42. The van der Waals surface area contributed by atoms with Crippen molar-refractivity contribution in [2.75, 3.05) is 31.5 Å². The number of rotatable bonds is 6. The molecule has 3 heterocycles. The van der Waals surface area contributed by atoms with Crippen molar-refractivity contribution in [1.82, 2.24) is 19.0 Å². The first-order valence-electron chi connectivity index (χ1n) is 12.0. The number of sulfonamides is 1. The zero-order valence-electron chi connectivity index (χ0n) is 19.1. The highest BCUT2D eigenvalue weighted by atomic mass is 32.2. The van der Waals surface area contributed by atoms with Crippen molar-refractivity contribution in [1.29, 1.82) is 5.26 Å². The molecule has 1 amide bonds. The number of nitriles is 1. The summed E-state index contributed by atoms with van der Waals surface area (Å²) in [5, 5.41) is 16.6. The van der Waals surface area contributed by atoms with Gasteiger partial charge >= 0.3 is 0 Å². The number of aromatic nitrogens is 2. The maximum Gasteiger partial charge on any atom is 0.244 e. The number of amides is 1. The van der Waals surface area contributed by atoms with Crippen LogP contribution in [0.25, 0.3) is 0 Å². The Morgan fingerprint density at radius 3 is 2.38 bits per heavy atom. The van der Waals surface area contributed by atoms with Gasteiger partial charge in [0.25, 0.3) is 0 Å². The van der Waals surface area contributed by atoms with Crippen LogP contribution in [0.2, 0.25) is 0 Å². The van der Waals surface area contributed by atoms with E-state index in [1.165, 1.54) is 10.4 Å². The maximum absolute atomic E-state index is 13.1. The Morgan fingerprint density at radius 1 is 1.00 bits per heavy atom. The monoisotopic (exact) mass is 482 g/mol. The van der Waals surface area contributed by atoms with E-state index >= 15 is 0 Å². The lowest BCUT2D eigenvalue weighted by Crippen LogP contribution is -2.49. The molecular formula is C24H30N6O3S. The Balaban J connectivity index is 1.11. The lowest BCUT2D eigenvalue weighted by molar-refractivity contribution is -0.121. The second kappa shape index (κ2) is 9.49. The zero-order chi connectivity index (χ0) is 23.7. The number of hydrogen-bond acceptors (Lipinski definition) is 6. The van der Waals surface area contributed by atoms with Crippen molar-refractivity contribution >= 4 is 21.6 Å². The molecule has 3 fully saturated rings. The van der Waals surface area contributed by atoms with Gasteiger partial charge in [0, 0.05) is 31.2 Å². The summed E-state index contributed by atoms with van der Waals surface area (Å²) in [7, 11) is -3.68. The fourth-order valence-corrected chi connectivity index (χ4v) is 6.70. The van der Waals surface area contributed by atoms with Gasteiger partial charge in [-0.3, -0.25) is 9.48 Å². The third kappa shape index (κ3) is 4.73. The molecule has 1 N–H and O–H groups in total. The number of nitrogens with zero attached hydrogens (tertiary/aromatic N) is 5. The summed E-state index contributed by atoms with van der Waals surface area (Å²) in [6, 6.07) is 9.18. The lowest BCUT2D eigenvalue weighted by atomic mass is 9.93. The van der Waals surface area contributed by atoms with Gasteiger partial charge < -0.3 is 10.2 Å². The van der Waals surface area contributed by atoms with Crippen molar-refractivity contribution in [2.24, 2.45) is 5.92 Å². The van der Waals surface area contributed by atoms with Gasteiger partial charge in [0.15, 0.2) is 0 Å². The van der Waals surface area contributed by atoms with E-state index in [0.29, 0.717) is 25.2 Å². The van der Waals surface area contributed by atoms with Crippen molar-refractivity contribution < 1.29 is 13.2 Å². The molecule has 0 atom stereocenters. The molecule has 1 aromatic heterocycles. The Bertz CT molecular complexity index is 1180. The standard InChI is InChI=1S/C24H30N6O3S/c25-15-19-3-1-2-4-23(19)34(32,33)29-13-9-21(10-14-29)28-11-7-18(8-12-28)24(31)27-20-16-26-30(17-20)22-5-6-22/h1-4,16-18,21-22H,5-14H2,(H,27,31). The third-order valence-electron chi connectivity index (χ3n) is 7.26. The fraction of sp³-hybridized carbons (Fsp3) is 0.542. The Morgan fingerprint density at radius 2 is 1.71 bits per heavy atom. The number of nitrogens with one attached hydrogen (secondary N) is 1. The van der Waals surface area contributed by atoms with Crippen molar-refractivity contribution in [3.8, 4) is 6.07 Å². The molecule has 0 radical (unpaired) electrons. The summed E-state index contributed by atoms with van der Waals surface area (Å²) < 4.78 is 29.6. The highest BCUT2D eigenvalue weighted by molar-refractivity contribution is 7.89. The Labute approximate surface area is 200 Å². The van der Waals surface area contributed by atoms with Crippen LogP contribution in [-0.2, 0) is 14.8 Å². The highest BCUT2D eigenvalue weighted by Gasteiger charge is 2.35. The van der Waals surface area contributed by atoms with Crippen molar-refractivity contribution in [3.63, 3.8) is 0 Å². The minimum absolute atomic E-state index is 0.0107. The topological polar surface area (TPSA) is 111 Å². The molecule has 0 unspecified atom stereocenters. The summed E-state index contributed by atoms with van der Waals surface area (Å²) in [6.45, 7) is 2.57. The molecular weight excluding hydrogens is 452 g/mol. The van der Waals surface area contributed by atoms with Crippen LogP contribution in [0.15, 0.2) is 41.6 Å². The van der Waals surface area contributed by atoms with Gasteiger partial charge in [0.1, 0.15) is 6.07 Å². The number of likely N-dealkylation sites (tertiary alicyclic amines) is 1. The van der Waals surface area contributed by atoms with E-state index in [0.717, 1.165) is 57.3 Å². The smallest absolute Gasteiger partial charge is 0.244 e. The van der Waals surface area contributed by atoms with Crippen LogP contribution in [0.4, 0.5) is 5.69 Å². The lowest BCUT2D eigenvalue weighted by Gasteiger charge is -2.41. The average molecular weight is 483 g/mol. The van der Waals surface area contributed by atoms with Gasteiger partial charge in [0.2, 0.25) is 15.9 Å². The number of hydrogen-bond donors (Lipinski definition) is 1. The summed E-state index contributed by atoms with van der Waals surface area (Å²) in [4.78, 5) is 15.2. The van der Waals surface area contributed by atoms with Crippen LogP contribution in [-0.4, -0.2) is 65.5 Å². The van der Waals surface area contributed by atoms with E-state index in [1.807, 2.05) is 16.9 Å². The van der Waals surface area contributed by atoms with E-state index in [2.05, 4.69) is 15.3 Å². The molecule has 34 heavy (non-hydrogen) atoms. The van der Waals surface area contributed by atoms with Crippen molar-refractivity contribution in [2.45, 2.75) is 55.5 Å². The molecule has 5 rings (SSSR count). The molecule has 180 valence electrons. The van der Waals surface area contributed by atoms with E-state index < -0.39 is 10.0 Å². The highest BCUT2D eigenvalue weighted by Crippen LogP contribution is 2.34. The van der Waals surface area contributed by atoms with Crippen molar-refractivity contribution in [3.05, 3.63) is 42.2 Å². The predicted octanol–water partition coefficient (Wildman–Crippen LogP) is 2.59. The number of piperidine rings is 2. The SMILES string of the molecule is N#Cc1ccccc1S(=O)(=O)N1CCC(N2CCC(C(=O)Nc3cnn(C4CC4)c3)CC2)CC1. The van der Waals surface area contributed by atoms with E-state index in [-0.39, 0.29) is 22.3 Å². The van der Waals surface area contributed by atoms with Gasteiger partial charge in [-0.15, -0.1) is 0 Å². The first-order valence-corrected chi connectivity index (χ1v) is 13.5. The second-order valence-electron chi connectivity index (χ2n) is 9.48. The average Bonchev–Trinajstić information content (AvgIpc) is 3.63. The zero-order valence-corrected chi connectivity index (χ0v) is 20.0. The summed E-state index contributed by atoms with van der Waals surface area (Å²) in [5.74, 6) is 0.0514. The van der Waals surface area contributed by atoms with E-state index in [1.54, 1.807) is 24.4 Å². The van der Waals surface area contributed by atoms with Gasteiger partial charge in [0.05, 0.1) is 28.4 Å². The number of anilines is 1. The van der Waals surface area contributed by atoms with Crippen LogP contribution in [0.1, 0.15) is 50.1 Å². The summed E-state index contributed by atoms with van der Waals surface area (Å²) in [6.07, 6.45) is 9.07. The van der Waals surface area contributed by atoms with Crippen LogP contribution in [0.3, 0.4) is 0 Å². The van der Waals surface area contributed by atoms with Crippen LogP contribution >= 0.6 is 0 Å². The molecule has 1 saturated carbocycles. The first-order chi connectivity index (χ1) is 16.5. The van der Waals surface area contributed by atoms with Gasteiger partial charge in [-0.25, -0.2) is 8.42 Å². The van der Waals surface area contributed by atoms with Gasteiger partial charge in [-0.2, -0.15) is 14.7 Å². The van der Waals surface area contributed by atoms with E-state index in [4.69, 9.17) is 0 Å². The number of benzene rings is 1. The predicted molar refractivity (Wildman–Crippen MR) is 126 cm³/mol. The van der Waals surface area contributed by atoms with Crippen LogP contribution in [0, 0.1) is 17.2 Å². The summed E-state index contributed by atoms with van der Waals surface area (Å²) >= 11 is 0. The molecule has 2 aliphatic heterocycles. The van der Waals surface area contributed by atoms with Gasteiger partial charge in [-0.05, 0) is 63.7 Å². The van der Waals surface area contributed by atoms with Crippen LogP contribution < -0.4 is 5.32 Å². The minimum atomic E-state index is -3.68. The third-order valence-corrected chi connectivity index (χ3v) is 9.21. The molecule has 2 aromatic rings. The first kappa shape index (κ1) is 23.0. The molecule has 9 nitrogen and oxygen atoms in total. The molecule has 1 aromatic carbocycles. The van der Waals surface area contributed by atoms with Crippen LogP contribution in [0.5, 0.6) is 0 Å². The molecule has 0 spiro atoms. The number of carbonyl (C=O) groups excluding carboxylic acids is 1. The molecule has 10 heteroatoms. The minimum Gasteiger partial charge on any atom is -0.323 e. The normalized spacial score (nSPS) is 21.3. The second-order valence-corrected chi connectivity index (χ2v) is 11.4. The maximum atomic E-state index is 13.1. The Hall–Kier alpha value is -2.74. The largest absolute Gasteiger partial charge is 0.323 e. The van der Waals surface area contributed by atoms with E-state index in [9.17, 15) is 18.5 Å². The summed E-state index contributed by atoms with van der Waals surface area (Å²) in [5.41, 5.74) is 0.954. The molecule has 0 bridgehead atoms. The quantitative estimate of drug-likeness (QED) is 0.677. The molecule has 2 saturated heterocycles. The fourth-order valence-electron chi connectivity index (χ4n) is 5.08. The number of carbonyl (C=O) groups is 1. The molecule has 1 aliphatic carbocycles.